The van der Waals surface area contributed by atoms with Crippen LogP contribution in [0, 0.1) is 5.92 Å². The molecule has 0 bridgehead atoms. The zero-order valence-electron chi connectivity index (χ0n) is 16.9. The molecule has 0 atom stereocenters. The van der Waals surface area contributed by atoms with Crippen LogP contribution < -0.4 is 0 Å². The highest BCUT2D eigenvalue weighted by atomic mass is 32.1. The van der Waals surface area contributed by atoms with Gasteiger partial charge in [-0.05, 0) is 43.3 Å². The summed E-state index contributed by atoms with van der Waals surface area (Å²) in [6.45, 7) is 8.33. The SMILES string of the molecule is CCCN1CCN(C(=O)C2CCN(C(=O)c3cc4sccc4n3C)CC2)CC1. The first-order valence-corrected chi connectivity index (χ1v) is 11.3. The third-order valence-corrected chi connectivity index (χ3v) is 7.09. The molecule has 28 heavy (non-hydrogen) atoms. The number of thiophene rings is 1. The summed E-state index contributed by atoms with van der Waals surface area (Å²) >= 11 is 1.66. The summed E-state index contributed by atoms with van der Waals surface area (Å²) in [6.07, 6.45) is 2.72. The van der Waals surface area contributed by atoms with E-state index >= 15 is 0 Å². The minimum absolute atomic E-state index is 0.0682. The highest BCUT2D eigenvalue weighted by Gasteiger charge is 2.32. The van der Waals surface area contributed by atoms with E-state index in [9.17, 15) is 9.59 Å². The third kappa shape index (κ3) is 3.70. The van der Waals surface area contributed by atoms with Crippen molar-refractivity contribution in [2.24, 2.45) is 13.0 Å². The normalized spacial score (nSPS) is 19.5. The summed E-state index contributed by atoms with van der Waals surface area (Å²) in [7, 11) is 1.96. The van der Waals surface area contributed by atoms with E-state index in [2.05, 4.69) is 23.3 Å². The topological polar surface area (TPSA) is 48.8 Å². The molecule has 2 saturated heterocycles. The smallest absolute Gasteiger partial charge is 0.270 e. The Kier molecular flexibility index (Phi) is 5.73. The van der Waals surface area contributed by atoms with Crippen molar-refractivity contribution in [2.75, 3.05) is 45.8 Å². The van der Waals surface area contributed by atoms with Crippen LogP contribution in [0.4, 0.5) is 0 Å². The predicted molar refractivity (Wildman–Crippen MR) is 113 cm³/mol. The molecule has 2 amide bonds. The summed E-state index contributed by atoms with van der Waals surface area (Å²) in [5.74, 6) is 0.450. The molecule has 0 spiro atoms. The first-order valence-electron chi connectivity index (χ1n) is 10.4. The molecule has 0 aliphatic carbocycles. The second-order valence-corrected chi connectivity index (χ2v) is 8.94. The van der Waals surface area contributed by atoms with Crippen LogP contribution in [0.3, 0.4) is 0 Å². The summed E-state index contributed by atoms with van der Waals surface area (Å²) in [6, 6.07) is 4.05. The van der Waals surface area contributed by atoms with Crippen LogP contribution in [-0.4, -0.2) is 76.9 Å². The second kappa shape index (κ2) is 8.25. The first-order chi connectivity index (χ1) is 13.6. The lowest BCUT2D eigenvalue weighted by atomic mass is 9.94. The largest absolute Gasteiger partial charge is 0.340 e. The summed E-state index contributed by atoms with van der Waals surface area (Å²) in [4.78, 5) is 32.3. The number of aryl methyl sites for hydroxylation is 1. The Morgan fingerprint density at radius 1 is 1.07 bits per heavy atom. The van der Waals surface area contributed by atoms with E-state index in [-0.39, 0.29) is 11.8 Å². The van der Waals surface area contributed by atoms with Gasteiger partial charge in [0.05, 0.1) is 10.2 Å². The first kappa shape index (κ1) is 19.5. The zero-order chi connectivity index (χ0) is 19.7. The summed E-state index contributed by atoms with van der Waals surface area (Å²) < 4.78 is 3.14. The Balaban J connectivity index is 1.32. The Morgan fingerprint density at radius 2 is 1.79 bits per heavy atom. The van der Waals surface area contributed by atoms with E-state index in [1.807, 2.05) is 27.5 Å². The van der Waals surface area contributed by atoms with Crippen molar-refractivity contribution in [2.45, 2.75) is 26.2 Å². The van der Waals surface area contributed by atoms with Gasteiger partial charge in [0.1, 0.15) is 5.69 Å². The number of fused-ring (bicyclic) bond motifs is 1. The average Bonchev–Trinajstić information content (AvgIpc) is 3.31. The summed E-state index contributed by atoms with van der Waals surface area (Å²) in [5, 5.41) is 2.05. The van der Waals surface area contributed by atoms with Crippen LogP contribution in [0.5, 0.6) is 0 Å². The van der Waals surface area contributed by atoms with Gasteiger partial charge in [-0.15, -0.1) is 11.3 Å². The molecule has 7 heteroatoms. The van der Waals surface area contributed by atoms with E-state index in [4.69, 9.17) is 0 Å². The molecule has 0 N–H and O–H groups in total. The number of likely N-dealkylation sites (tertiary alicyclic amines) is 1. The van der Waals surface area contributed by atoms with Crippen molar-refractivity contribution in [1.82, 2.24) is 19.3 Å². The van der Waals surface area contributed by atoms with E-state index in [0.29, 0.717) is 19.0 Å². The number of aromatic nitrogens is 1. The number of hydrogen-bond donors (Lipinski definition) is 0. The Labute approximate surface area is 170 Å². The van der Waals surface area contributed by atoms with Gasteiger partial charge >= 0.3 is 0 Å². The van der Waals surface area contributed by atoms with Gasteiger partial charge < -0.3 is 14.4 Å². The minimum atomic E-state index is 0.0682. The quantitative estimate of drug-likeness (QED) is 0.790. The summed E-state index contributed by atoms with van der Waals surface area (Å²) in [5.41, 5.74) is 1.86. The van der Waals surface area contributed by atoms with Crippen molar-refractivity contribution in [3.8, 4) is 0 Å². The van der Waals surface area contributed by atoms with Crippen LogP contribution in [0.25, 0.3) is 10.2 Å². The van der Waals surface area contributed by atoms with E-state index in [1.54, 1.807) is 11.3 Å². The molecule has 0 unspecified atom stereocenters. The highest BCUT2D eigenvalue weighted by Crippen LogP contribution is 2.27. The van der Waals surface area contributed by atoms with Crippen molar-refractivity contribution in [1.29, 1.82) is 0 Å². The molecule has 2 aromatic rings. The van der Waals surface area contributed by atoms with Crippen LogP contribution in [0.2, 0.25) is 0 Å². The number of rotatable bonds is 4. The Morgan fingerprint density at radius 3 is 2.43 bits per heavy atom. The van der Waals surface area contributed by atoms with Crippen LogP contribution in [0.1, 0.15) is 36.7 Å². The minimum Gasteiger partial charge on any atom is -0.340 e. The molecule has 0 aromatic carbocycles. The number of amides is 2. The number of carbonyl (C=O) groups is 2. The molecule has 2 aromatic heterocycles. The molecular weight excluding hydrogens is 372 g/mol. The lowest BCUT2D eigenvalue weighted by molar-refractivity contribution is -0.138. The van der Waals surface area contributed by atoms with Gasteiger partial charge in [0.2, 0.25) is 5.91 Å². The number of piperazine rings is 1. The lowest BCUT2D eigenvalue weighted by Gasteiger charge is -2.38. The monoisotopic (exact) mass is 402 g/mol. The fraction of sp³-hybridized carbons (Fsp3) is 0.619. The van der Waals surface area contributed by atoms with E-state index < -0.39 is 0 Å². The highest BCUT2D eigenvalue weighted by molar-refractivity contribution is 7.17. The second-order valence-electron chi connectivity index (χ2n) is 7.99. The molecule has 0 saturated carbocycles. The molecule has 0 radical (unpaired) electrons. The lowest BCUT2D eigenvalue weighted by Crippen LogP contribution is -2.52. The van der Waals surface area contributed by atoms with Crippen molar-refractivity contribution < 1.29 is 9.59 Å². The van der Waals surface area contributed by atoms with E-state index in [1.165, 1.54) is 6.42 Å². The Bertz CT molecular complexity index is 842. The Hall–Kier alpha value is -1.86. The van der Waals surface area contributed by atoms with Crippen molar-refractivity contribution in [3.63, 3.8) is 0 Å². The molecular formula is C21H30N4O2S. The van der Waals surface area contributed by atoms with Gasteiger partial charge in [0.15, 0.2) is 0 Å². The standard InChI is InChI=1S/C21H30N4O2S/c1-3-7-23-10-12-25(13-11-23)20(26)16-4-8-24(9-5-16)21(27)18-15-19-17(22(18)2)6-14-28-19/h6,14-16H,3-5,7-13H2,1-2H3. The average molecular weight is 403 g/mol. The van der Waals surface area contributed by atoms with Crippen LogP contribution in [0.15, 0.2) is 17.5 Å². The number of piperidine rings is 1. The number of carbonyl (C=O) groups excluding carboxylic acids is 2. The van der Waals surface area contributed by atoms with Gasteiger partial charge in [-0.2, -0.15) is 0 Å². The molecule has 152 valence electrons. The van der Waals surface area contributed by atoms with Crippen molar-refractivity contribution >= 4 is 33.4 Å². The number of hydrogen-bond acceptors (Lipinski definition) is 4. The van der Waals surface area contributed by atoms with E-state index in [0.717, 1.165) is 61.5 Å². The molecule has 2 aliphatic heterocycles. The molecule has 4 heterocycles. The maximum atomic E-state index is 13.0. The van der Waals surface area contributed by atoms with Gasteiger partial charge in [-0.1, -0.05) is 6.92 Å². The molecule has 2 aliphatic rings. The maximum Gasteiger partial charge on any atom is 0.270 e. The third-order valence-electron chi connectivity index (χ3n) is 6.24. The van der Waals surface area contributed by atoms with Crippen LogP contribution >= 0.6 is 11.3 Å². The predicted octanol–water partition coefficient (Wildman–Crippen LogP) is 2.65. The maximum absolute atomic E-state index is 13.0. The van der Waals surface area contributed by atoms with Gasteiger partial charge in [0, 0.05) is 52.2 Å². The van der Waals surface area contributed by atoms with Crippen LogP contribution in [-0.2, 0) is 11.8 Å². The van der Waals surface area contributed by atoms with Gasteiger partial charge in [-0.3, -0.25) is 14.5 Å². The number of nitrogens with zero attached hydrogens (tertiary/aromatic N) is 4. The van der Waals surface area contributed by atoms with Crippen molar-refractivity contribution in [3.05, 3.63) is 23.2 Å². The molecule has 6 nitrogen and oxygen atoms in total. The van der Waals surface area contributed by atoms with Gasteiger partial charge in [0.25, 0.3) is 5.91 Å². The fourth-order valence-electron chi connectivity index (χ4n) is 4.51. The van der Waals surface area contributed by atoms with Gasteiger partial charge in [-0.25, -0.2) is 0 Å². The zero-order valence-corrected chi connectivity index (χ0v) is 17.7. The fourth-order valence-corrected chi connectivity index (χ4v) is 5.36. The molecule has 2 fully saturated rings. The molecule has 4 rings (SSSR count).